The van der Waals surface area contributed by atoms with Crippen LogP contribution in [0.25, 0.3) is 0 Å². The van der Waals surface area contributed by atoms with Gasteiger partial charge in [0.1, 0.15) is 0 Å². The Hall–Kier alpha value is -2.48. The van der Waals surface area contributed by atoms with Crippen molar-refractivity contribution in [1.29, 1.82) is 0 Å². The van der Waals surface area contributed by atoms with E-state index in [0.717, 1.165) is 43.6 Å². The summed E-state index contributed by atoms with van der Waals surface area (Å²) < 4.78 is 5.04. The van der Waals surface area contributed by atoms with Crippen molar-refractivity contribution >= 4 is 11.7 Å². The maximum Gasteiger partial charge on any atom is 0.321 e. The second-order valence-electron chi connectivity index (χ2n) is 6.84. The van der Waals surface area contributed by atoms with Crippen LogP contribution in [0.2, 0.25) is 0 Å². The minimum absolute atomic E-state index is 0.0450. The van der Waals surface area contributed by atoms with E-state index < -0.39 is 0 Å². The highest BCUT2D eigenvalue weighted by molar-refractivity contribution is 5.90. The third-order valence-electron chi connectivity index (χ3n) is 4.83. The van der Waals surface area contributed by atoms with Gasteiger partial charge >= 0.3 is 6.03 Å². The highest BCUT2D eigenvalue weighted by Gasteiger charge is 2.24. The lowest BCUT2D eigenvalue weighted by Crippen LogP contribution is -2.37. The van der Waals surface area contributed by atoms with Crippen molar-refractivity contribution in [3.8, 4) is 0 Å². The Balaban J connectivity index is 1.54. The molecule has 0 bridgehead atoms. The zero-order chi connectivity index (χ0) is 18.5. The van der Waals surface area contributed by atoms with E-state index in [0.29, 0.717) is 24.3 Å². The molecule has 0 radical (unpaired) electrons. The van der Waals surface area contributed by atoms with Crippen LogP contribution in [0.15, 0.2) is 23.0 Å². The lowest BCUT2D eigenvalue weighted by molar-refractivity contribution is 0.197. The summed E-state index contributed by atoms with van der Waals surface area (Å²) in [6, 6.07) is 2.18. The van der Waals surface area contributed by atoms with E-state index in [4.69, 9.17) is 4.52 Å². The molecule has 1 N–H and O–H groups in total. The van der Waals surface area contributed by atoms with Crippen LogP contribution in [0, 0.1) is 13.8 Å². The number of pyridine rings is 1. The molecule has 140 valence electrons. The van der Waals surface area contributed by atoms with Crippen LogP contribution in [0.1, 0.15) is 36.5 Å². The van der Waals surface area contributed by atoms with Gasteiger partial charge in [0.15, 0.2) is 5.82 Å². The number of anilines is 1. The SMILES string of the molecule is Cc1nc(CN(C)C2CCCN(C(=O)Nc3ccncc3C)CC2)no1. The number of hydrogen-bond acceptors (Lipinski definition) is 6. The van der Waals surface area contributed by atoms with E-state index in [-0.39, 0.29) is 6.03 Å². The smallest absolute Gasteiger partial charge is 0.321 e. The van der Waals surface area contributed by atoms with Crippen LogP contribution >= 0.6 is 0 Å². The number of nitrogens with one attached hydrogen (secondary N) is 1. The number of aromatic nitrogens is 3. The number of carbonyl (C=O) groups excluding carboxylic acids is 1. The third kappa shape index (κ3) is 4.57. The summed E-state index contributed by atoms with van der Waals surface area (Å²) in [5.41, 5.74) is 1.78. The topological polar surface area (TPSA) is 87.4 Å². The van der Waals surface area contributed by atoms with E-state index in [1.165, 1.54) is 0 Å². The number of hydrogen-bond donors (Lipinski definition) is 1. The van der Waals surface area contributed by atoms with E-state index in [2.05, 4.69) is 32.4 Å². The minimum atomic E-state index is -0.0450. The zero-order valence-corrected chi connectivity index (χ0v) is 15.6. The minimum Gasteiger partial charge on any atom is -0.340 e. The van der Waals surface area contributed by atoms with Gasteiger partial charge in [-0.3, -0.25) is 9.88 Å². The molecular formula is C18H26N6O2. The van der Waals surface area contributed by atoms with Gasteiger partial charge in [-0.15, -0.1) is 0 Å². The molecule has 8 heteroatoms. The summed E-state index contributed by atoms with van der Waals surface area (Å²) in [5.74, 6) is 1.29. The van der Waals surface area contributed by atoms with Crippen molar-refractivity contribution in [3.63, 3.8) is 0 Å². The van der Waals surface area contributed by atoms with Gasteiger partial charge in [-0.2, -0.15) is 4.98 Å². The summed E-state index contributed by atoms with van der Waals surface area (Å²) >= 11 is 0. The molecule has 26 heavy (non-hydrogen) atoms. The normalized spacial score (nSPS) is 18.0. The summed E-state index contributed by atoms with van der Waals surface area (Å²) in [6.07, 6.45) is 6.39. The number of amides is 2. The number of likely N-dealkylation sites (tertiary alicyclic amines) is 1. The third-order valence-corrected chi connectivity index (χ3v) is 4.83. The molecule has 2 aromatic heterocycles. The fraction of sp³-hybridized carbons (Fsp3) is 0.556. The van der Waals surface area contributed by atoms with Gasteiger partial charge in [-0.1, -0.05) is 5.16 Å². The Morgan fingerprint density at radius 3 is 2.96 bits per heavy atom. The van der Waals surface area contributed by atoms with Crippen molar-refractivity contribution in [2.24, 2.45) is 0 Å². The Morgan fingerprint density at radius 1 is 1.38 bits per heavy atom. The van der Waals surface area contributed by atoms with Crippen LogP contribution in [0.5, 0.6) is 0 Å². The molecule has 3 heterocycles. The van der Waals surface area contributed by atoms with E-state index in [9.17, 15) is 4.79 Å². The average Bonchev–Trinajstić information content (AvgIpc) is 2.87. The molecule has 1 fully saturated rings. The first kappa shape index (κ1) is 18.3. The van der Waals surface area contributed by atoms with Crippen molar-refractivity contribution in [1.82, 2.24) is 24.9 Å². The lowest BCUT2D eigenvalue weighted by Gasteiger charge is -2.26. The molecular weight excluding hydrogens is 332 g/mol. The molecule has 1 atom stereocenters. The highest BCUT2D eigenvalue weighted by atomic mass is 16.5. The predicted octanol–water partition coefficient (Wildman–Crippen LogP) is 2.60. The number of rotatable bonds is 4. The number of carbonyl (C=O) groups is 1. The van der Waals surface area contributed by atoms with Gasteiger partial charge in [-0.05, 0) is 44.9 Å². The van der Waals surface area contributed by atoms with Gasteiger partial charge in [0.2, 0.25) is 5.89 Å². The maximum absolute atomic E-state index is 12.6. The molecule has 2 aromatic rings. The van der Waals surface area contributed by atoms with Crippen LogP contribution in [0.3, 0.4) is 0 Å². The van der Waals surface area contributed by atoms with E-state index in [1.807, 2.05) is 17.9 Å². The van der Waals surface area contributed by atoms with Gasteiger partial charge in [0.25, 0.3) is 0 Å². The van der Waals surface area contributed by atoms with E-state index in [1.54, 1.807) is 19.3 Å². The quantitative estimate of drug-likeness (QED) is 0.904. The first-order chi connectivity index (χ1) is 12.5. The van der Waals surface area contributed by atoms with Crippen LogP contribution in [0.4, 0.5) is 10.5 Å². The number of aryl methyl sites for hydroxylation is 2. The fourth-order valence-corrected chi connectivity index (χ4v) is 3.29. The monoisotopic (exact) mass is 358 g/mol. The largest absolute Gasteiger partial charge is 0.340 e. The molecule has 2 amide bonds. The fourth-order valence-electron chi connectivity index (χ4n) is 3.29. The number of urea groups is 1. The van der Waals surface area contributed by atoms with Gasteiger partial charge < -0.3 is 14.7 Å². The zero-order valence-electron chi connectivity index (χ0n) is 15.6. The summed E-state index contributed by atoms with van der Waals surface area (Å²) in [5, 5.41) is 6.96. The van der Waals surface area contributed by atoms with Gasteiger partial charge in [0, 0.05) is 44.1 Å². The first-order valence-electron chi connectivity index (χ1n) is 8.99. The molecule has 1 saturated heterocycles. The molecule has 3 rings (SSSR count). The molecule has 0 spiro atoms. The highest BCUT2D eigenvalue weighted by Crippen LogP contribution is 2.19. The van der Waals surface area contributed by atoms with Crippen molar-refractivity contribution < 1.29 is 9.32 Å². The molecule has 1 unspecified atom stereocenters. The lowest BCUT2D eigenvalue weighted by atomic mass is 10.1. The Bertz CT molecular complexity index is 747. The van der Waals surface area contributed by atoms with Crippen molar-refractivity contribution in [2.75, 3.05) is 25.5 Å². The van der Waals surface area contributed by atoms with Crippen molar-refractivity contribution in [2.45, 2.75) is 45.7 Å². The molecule has 8 nitrogen and oxygen atoms in total. The predicted molar refractivity (Wildman–Crippen MR) is 97.7 cm³/mol. The van der Waals surface area contributed by atoms with Crippen LogP contribution in [-0.2, 0) is 6.54 Å². The second kappa shape index (κ2) is 8.27. The van der Waals surface area contributed by atoms with Gasteiger partial charge in [-0.25, -0.2) is 4.79 Å². The Kier molecular flexibility index (Phi) is 5.82. The average molecular weight is 358 g/mol. The summed E-state index contributed by atoms with van der Waals surface area (Å²) in [4.78, 5) is 25.1. The summed E-state index contributed by atoms with van der Waals surface area (Å²) in [6.45, 7) is 5.89. The second-order valence-corrected chi connectivity index (χ2v) is 6.84. The summed E-state index contributed by atoms with van der Waals surface area (Å²) in [7, 11) is 2.08. The van der Waals surface area contributed by atoms with Crippen LogP contribution < -0.4 is 5.32 Å². The van der Waals surface area contributed by atoms with E-state index >= 15 is 0 Å². The molecule has 0 saturated carbocycles. The molecule has 0 aromatic carbocycles. The van der Waals surface area contributed by atoms with Crippen molar-refractivity contribution in [3.05, 3.63) is 35.7 Å². The standard InChI is InChI=1S/C18H26N6O2/c1-13-11-19-8-6-16(13)21-18(25)24-9-4-5-15(7-10-24)23(3)12-17-20-14(2)26-22-17/h6,8,11,15H,4-5,7,9-10,12H2,1-3H3,(H,19,21,25). The number of nitrogens with zero attached hydrogens (tertiary/aromatic N) is 5. The van der Waals surface area contributed by atoms with Gasteiger partial charge in [0.05, 0.1) is 6.54 Å². The Labute approximate surface area is 153 Å². The molecule has 1 aliphatic rings. The molecule has 0 aliphatic carbocycles. The molecule has 1 aliphatic heterocycles. The Morgan fingerprint density at radius 2 is 2.23 bits per heavy atom. The first-order valence-corrected chi connectivity index (χ1v) is 8.99. The van der Waals surface area contributed by atoms with Crippen LogP contribution in [-0.4, -0.2) is 57.1 Å². The maximum atomic E-state index is 12.6.